The number of methoxy groups -OCH3 is 1. The maximum Gasteiger partial charge on any atom is 0.238 e. The van der Waals surface area contributed by atoms with Gasteiger partial charge < -0.3 is 15.8 Å². The van der Waals surface area contributed by atoms with Crippen LogP contribution in [0, 0.1) is 0 Å². The molecule has 0 radical (unpaired) electrons. The Morgan fingerprint density at radius 3 is 2.48 bits per heavy atom. The van der Waals surface area contributed by atoms with Crippen molar-refractivity contribution in [3.05, 3.63) is 59.7 Å². The number of hydrogen-bond donors (Lipinski definition) is 2. The van der Waals surface area contributed by atoms with Gasteiger partial charge >= 0.3 is 0 Å². The van der Waals surface area contributed by atoms with Crippen molar-refractivity contribution < 1.29 is 14.3 Å². The number of rotatable bonds is 5. The van der Waals surface area contributed by atoms with Crippen molar-refractivity contribution in [2.24, 2.45) is 5.73 Å². The molecule has 2 aromatic carbocycles. The first-order chi connectivity index (χ1) is 12.1. The van der Waals surface area contributed by atoms with Crippen LogP contribution in [0.1, 0.15) is 11.1 Å². The van der Waals surface area contributed by atoms with E-state index in [2.05, 4.69) is 5.32 Å². The third-order valence-electron chi connectivity index (χ3n) is 4.39. The fraction of sp³-hybridized carbons (Fsp3) is 0.263. The van der Waals surface area contributed by atoms with Crippen LogP contribution in [0.2, 0.25) is 0 Å². The normalized spacial score (nSPS) is 16.8. The van der Waals surface area contributed by atoms with Crippen LogP contribution >= 0.6 is 0 Å². The highest BCUT2D eigenvalue weighted by atomic mass is 16.5. The molecule has 1 aliphatic rings. The zero-order valence-corrected chi connectivity index (χ0v) is 14.1. The van der Waals surface area contributed by atoms with Gasteiger partial charge in [-0.05, 0) is 41.8 Å². The molecule has 1 aliphatic heterocycles. The molecular weight excluding hydrogens is 318 g/mol. The lowest BCUT2D eigenvalue weighted by molar-refractivity contribution is -0.125. The number of benzene rings is 2. The fourth-order valence-electron chi connectivity index (χ4n) is 3.08. The predicted molar refractivity (Wildman–Crippen MR) is 95.2 cm³/mol. The van der Waals surface area contributed by atoms with Crippen LogP contribution in [0.25, 0.3) is 0 Å². The molecule has 0 unspecified atom stereocenters. The summed E-state index contributed by atoms with van der Waals surface area (Å²) < 4.78 is 5.10. The second-order valence-corrected chi connectivity index (χ2v) is 6.07. The van der Waals surface area contributed by atoms with Gasteiger partial charge in [-0.2, -0.15) is 0 Å². The molecular formula is C19H21N3O3. The summed E-state index contributed by atoms with van der Waals surface area (Å²) >= 11 is 0. The van der Waals surface area contributed by atoms with Crippen LogP contribution in [0.3, 0.4) is 0 Å². The first kappa shape index (κ1) is 17.0. The standard InChI is InChI=1S/C19H21N3O3/c1-25-16-8-6-15(7-9-16)21-18(23)12-22-11-14-5-3-2-4-13(14)10-17(22)19(20)24/h2-9,17H,10-12H2,1H3,(H2,20,24)(H,21,23)/t17-/m0/s1. The highest BCUT2D eigenvalue weighted by Gasteiger charge is 2.31. The number of anilines is 1. The third-order valence-corrected chi connectivity index (χ3v) is 4.39. The molecule has 0 aliphatic carbocycles. The minimum atomic E-state index is -0.475. The predicted octanol–water partition coefficient (Wildman–Crippen LogP) is 1.55. The number of nitrogens with two attached hydrogens (primary N) is 1. The van der Waals surface area contributed by atoms with Gasteiger partial charge in [-0.1, -0.05) is 24.3 Å². The van der Waals surface area contributed by atoms with Crippen molar-refractivity contribution in [3.63, 3.8) is 0 Å². The molecule has 0 fully saturated rings. The molecule has 0 saturated heterocycles. The molecule has 6 nitrogen and oxygen atoms in total. The van der Waals surface area contributed by atoms with Crippen molar-refractivity contribution >= 4 is 17.5 Å². The van der Waals surface area contributed by atoms with Crippen molar-refractivity contribution in [2.45, 2.75) is 19.0 Å². The number of carbonyl (C=O) groups is 2. The molecule has 1 atom stereocenters. The summed E-state index contributed by atoms with van der Waals surface area (Å²) in [6.45, 7) is 0.633. The Labute approximate surface area is 146 Å². The highest BCUT2D eigenvalue weighted by Crippen LogP contribution is 2.23. The Hall–Kier alpha value is -2.86. The molecule has 1 heterocycles. The Bertz CT molecular complexity index is 774. The largest absolute Gasteiger partial charge is 0.497 e. The molecule has 6 heteroatoms. The van der Waals surface area contributed by atoms with E-state index in [9.17, 15) is 9.59 Å². The van der Waals surface area contributed by atoms with E-state index in [1.165, 1.54) is 0 Å². The molecule has 2 aromatic rings. The summed E-state index contributed by atoms with van der Waals surface area (Å²) in [5.74, 6) is 0.127. The quantitative estimate of drug-likeness (QED) is 0.865. The molecule has 130 valence electrons. The Balaban J connectivity index is 1.69. The van der Waals surface area contributed by atoms with Crippen LogP contribution in [-0.2, 0) is 22.6 Å². The van der Waals surface area contributed by atoms with Gasteiger partial charge in [-0.3, -0.25) is 14.5 Å². The fourth-order valence-corrected chi connectivity index (χ4v) is 3.08. The number of primary amides is 1. The lowest BCUT2D eigenvalue weighted by Gasteiger charge is -2.34. The van der Waals surface area contributed by atoms with E-state index in [0.29, 0.717) is 18.7 Å². The number of amides is 2. The molecule has 0 bridgehead atoms. The second-order valence-electron chi connectivity index (χ2n) is 6.07. The van der Waals surface area contributed by atoms with Crippen LogP contribution < -0.4 is 15.8 Å². The summed E-state index contributed by atoms with van der Waals surface area (Å²) in [7, 11) is 1.59. The average Bonchev–Trinajstić information content (AvgIpc) is 2.61. The lowest BCUT2D eigenvalue weighted by Crippen LogP contribution is -2.50. The first-order valence-corrected chi connectivity index (χ1v) is 8.11. The van der Waals surface area contributed by atoms with E-state index >= 15 is 0 Å². The summed E-state index contributed by atoms with van der Waals surface area (Å²) in [5, 5.41) is 2.84. The van der Waals surface area contributed by atoms with Crippen LogP contribution in [0.15, 0.2) is 48.5 Å². The van der Waals surface area contributed by atoms with Crippen molar-refractivity contribution in [2.75, 3.05) is 19.0 Å². The Morgan fingerprint density at radius 2 is 1.84 bits per heavy atom. The van der Waals surface area contributed by atoms with Crippen LogP contribution in [0.5, 0.6) is 5.75 Å². The van der Waals surface area contributed by atoms with E-state index in [1.807, 2.05) is 29.2 Å². The zero-order chi connectivity index (χ0) is 17.8. The van der Waals surface area contributed by atoms with Crippen LogP contribution in [-0.4, -0.2) is 36.4 Å². The third kappa shape index (κ3) is 3.97. The van der Waals surface area contributed by atoms with E-state index in [0.717, 1.165) is 16.9 Å². The van der Waals surface area contributed by atoms with E-state index < -0.39 is 11.9 Å². The minimum absolute atomic E-state index is 0.105. The van der Waals surface area contributed by atoms with Crippen molar-refractivity contribution in [1.29, 1.82) is 0 Å². The number of ether oxygens (including phenoxy) is 1. The van der Waals surface area contributed by atoms with Crippen molar-refractivity contribution in [3.8, 4) is 5.75 Å². The highest BCUT2D eigenvalue weighted by molar-refractivity contribution is 5.93. The zero-order valence-electron chi connectivity index (χ0n) is 14.1. The Kier molecular flexibility index (Phi) is 5.00. The topological polar surface area (TPSA) is 84.7 Å². The number of nitrogens with zero attached hydrogens (tertiary/aromatic N) is 1. The van der Waals surface area contributed by atoms with Crippen molar-refractivity contribution in [1.82, 2.24) is 4.90 Å². The van der Waals surface area contributed by atoms with Gasteiger partial charge in [-0.25, -0.2) is 0 Å². The monoisotopic (exact) mass is 339 g/mol. The SMILES string of the molecule is COc1ccc(NC(=O)CN2Cc3ccccc3C[C@H]2C(N)=O)cc1. The molecule has 3 N–H and O–H groups in total. The number of nitrogens with one attached hydrogen (secondary N) is 1. The number of fused-ring (bicyclic) bond motifs is 1. The van der Waals surface area contributed by atoms with E-state index in [1.54, 1.807) is 31.4 Å². The van der Waals surface area contributed by atoms with Gasteiger partial charge in [-0.15, -0.1) is 0 Å². The molecule has 0 spiro atoms. The lowest BCUT2D eigenvalue weighted by atomic mass is 9.93. The van der Waals surface area contributed by atoms with E-state index in [4.69, 9.17) is 10.5 Å². The molecule has 0 saturated carbocycles. The smallest absolute Gasteiger partial charge is 0.238 e. The summed E-state index contributed by atoms with van der Waals surface area (Å²) in [6.07, 6.45) is 0.529. The first-order valence-electron chi connectivity index (χ1n) is 8.11. The van der Waals surface area contributed by atoms with Gasteiger partial charge in [0.1, 0.15) is 5.75 Å². The van der Waals surface area contributed by atoms with Gasteiger partial charge in [0, 0.05) is 12.2 Å². The van der Waals surface area contributed by atoms with E-state index in [-0.39, 0.29) is 12.5 Å². The van der Waals surface area contributed by atoms with Gasteiger partial charge in [0.05, 0.1) is 19.7 Å². The minimum Gasteiger partial charge on any atom is -0.497 e. The maximum absolute atomic E-state index is 12.4. The van der Waals surface area contributed by atoms with Gasteiger partial charge in [0.25, 0.3) is 0 Å². The van der Waals surface area contributed by atoms with Gasteiger partial charge in [0.2, 0.25) is 11.8 Å². The van der Waals surface area contributed by atoms with Crippen LogP contribution in [0.4, 0.5) is 5.69 Å². The summed E-state index contributed by atoms with van der Waals surface area (Å²) in [4.78, 5) is 26.0. The molecule has 0 aromatic heterocycles. The van der Waals surface area contributed by atoms with Gasteiger partial charge in [0.15, 0.2) is 0 Å². The summed E-state index contributed by atoms with van der Waals surface area (Å²) in [5.41, 5.74) is 8.46. The summed E-state index contributed by atoms with van der Waals surface area (Å²) in [6, 6.07) is 14.5. The Morgan fingerprint density at radius 1 is 1.16 bits per heavy atom. The maximum atomic E-state index is 12.4. The molecule has 3 rings (SSSR count). The second kappa shape index (κ2) is 7.36. The molecule has 2 amide bonds. The average molecular weight is 339 g/mol. The number of carbonyl (C=O) groups excluding carboxylic acids is 2. The number of hydrogen-bond acceptors (Lipinski definition) is 4. The molecule has 25 heavy (non-hydrogen) atoms.